The fourth-order valence-corrected chi connectivity index (χ4v) is 4.10. The summed E-state index contributed by atoms with van der Waals surface area (Å²) in [5.41, 5.74) is 2.36. The molecule has 1 fully saturated rings. The number of nitrogens with zero attached hydrogens (tertiary/aromatic N) is 2. The molecule has 1 aliphatic rings. The van der Waals surface area contributed by atoms with Gasteiger partial charge in [-0.1, -0.05) is 24.6 Å². The van der Waals surface area contributed by atoms with Gasteiger partial charge in [-0.05, 0) is 73.0 Å². The molecule has 2 heterocycles. The Morgan fingerprint density at radius 2 is 1.88 bits per heavy atom. The van der Waals surface area contributed by atoms with Gasteiger partial charge in [-0.25, -0.2) is 0 Å². The maximum absolute atomic E-state index is 13.2. The number of pyridine rings is 1. The first-order valence-electron chi connectivity index (χ1n) is 10.6. The third-order valence-electron chi connectivity index (χ3n) is 5.46. The molecule has 6 nitrogen and oxygen atoms in total. The molecule has 0 radical (unpaired) electrons. The number of benzene rings is 2. The van der Waals surface area contributed by atoms with Crippen LogP contribution in [0.25, 0.3) is 5.76 Å². The Kier molecular flexibility index (Phi) is 6.47. The van der Waals surface area contributed by atoms with Crippen LogP contribution in [0.4, 0.5) is 5.69 Å². The summed E-state index contributed by atoms with van der Waals surface area (Å²) in [5.74, 6) is -1.04. The predicted octanol–water partition coefficient (Wildman–Crippen LogP) is 5.46. The topological polar surface area (TPSA) is 79.7 Å². The summed E-state index contributed by atoms with van der Waals surface area (Å²) in [6.45, 7) is 4.47. The zero-order chi connectivity index (χ0) is 23.5. The Balaban J connectivity index is 1.87. The first-order chi connectivity index (χ1) is 15.9. The van der Waals surface area contributed by atoms with Gasteiger partial charge in [0, 0.05) is 28.7 Å². The number of Topliss-reactive ketones (excluding diaryl/α,β-unsaturated/α-hetero) is 1. The summed E-state index contributed by atoms with van der Waals surface area (Å²) in [6.07, 6.45) is 4.04. The number of aliphatic hydroxyl groups is 1. The molecule has 3 aromatic rings. The number of aromatic nitrogens is 1. The van der Waals surface area contributed by atoms with Crippen LogP contribution in [0.5, 0.6) is 5.75 Å². The van der Waals surface area contributed by atoms with E-state index in [2.05, 4.69) is 4.98 Å². The van der Waals surface area contributed by atoms with Crippen LogP contribution in [0, 0.1) is 6.92 Å². The lowest BCUT2D eigenvalue weighted by Gasteiger charge is -2.25. The molecule has 33 heavy (non-hydrogen) atoms. The number of carbonyl (C=O) groups is 2. The van der Waals surface area contributed by atoms with Crippen LogP contribution in [-0.4, -0.2) is 28.4 Å². The lowest BCUT2D eigenvalue weighted by atomic mass is 9.95. The van der Waals surface area contributed by atoms with E-state index in [1.54, 1.807) is 67.0 Å². The molecule has 0 saturated carbocycles. The van der Waals surface area contributed by atoms with Crippen LogP contribution >= 0.6 is 11.6 Å². The van der Waals surface area contributed by atoms with E-state index in [0.29, 0.717) is 34.2 Å². The number of ether oxygens (including phenoxy) is 1. The van der Waals surface area contributed by atoms with E-state index in [9.17, 15) is 14.7 Å². The molecule has 2 aromatic carbocycles. The Morgan fingerprint density at radius 3 is 2.55 bits per heavy atom. The SMILES string of the molecule is CCCOc1ccc(/C(O)=C2\C(=O)C(=O)N(c3cccc(Cl)c3)C2c2ccncc2)cc1C. The number of anilines is 1. The monoisotopic (exact) mass is 462 g/mol. The van der Waals surface area contributed by atoms with Crippen molar-refractivity contribution in [1.82, 2.24) is 4.98 Å². The number of aryl methyl sites for hydroxylation is 1. The van der Waals surface area contributed by atoms with Gasteiger partial charge in [-0.3, -0.25) is 19.5 Å². The molecule has 0 spiro atoms. The van der Waals surface area contributed by atoms with Crippen molar-refractivity contribution in [3.05, 3.63) is 94.3 Å². The third kappa shape index (κ3) is 4.34. The van der Waals surface area contributed by atoms with E-state index in [0.717, 1.165) is 12.0 Å². The fraction of sp³-hybridized carbons (Fsp3) is 0.192. The number of hydrogen-bond donors (Lipinski definition) is 1. The summed E-state index contributed by atoms with van der Waals surface area (Å²) < 4.78 is 5.71. The number of aliphatic hydroxyl groups excluding tert-OH is 1. The van der Waals surface area contributed by atoms with Gasteiger partial charge in [0.1, 0.15) is 11.5 Å². The van der Waals surface area contributed by atoms with E-state index >= 15 is 0 Å². The van der Waals surface area contributed by atoms with Crippen molar-refractivity contribution >= 4 is 34.7 Å². The first-order valence-corrected chi connectivity index (χ1v) is 11.0. The number of ketones is 1. The zero-order valence-electron chi connectivity index (χ0n) is 18.3. The fourth-order valence-electron chi connectivity index (χ4n) is 3.91. The molecule has 1 unspecified atom stereocenters. The second-order valence-electron chi connectivity index (χ2n) is 7.76. The Morgan fingerprint density at radius 1 is 1.12 bits per heavy atom. The van der Waals surface area contributed by atoms with Gasteiger partial charge in [-0.15, -0.1) is 0 Å². The van der Waals surface area contributed by atoms with Crippen LogP contribution in [0.2, 0.25) is 5.02 Å². The van der Waals surface area contributed by atoms with E-state index < -0.39 is 17.7 Å². The highest BCUT2D eigenvalue weighted by Crippen LogP contribution is 2.42. The Hall–Kier alpha value is -3.64. The van der Waals surface area contributed by atoms with Gasteiger partial charge in [0.05, 0.1) is 18.2 Å². The van der Waals surface area contributed by atoms with Gasteiger partial charge < -0.3 is 9.84 Å². The summed E-state index contributed by atoms with van der Waals surface area (Å²) >= 11 is 6.16. The summed E-state index contributed by atoms with van der Waals surface area (Å²) in [5, 5.41) is 11.7. The van der Waals surface area contributed by atoms with Crippen LogP contribution in [0.15, 0.2) is 72.6 Å². The lowest BCUT2D eigenvalue weighted by Crippen LogP contribution is -2.29. The predicted molar refractivity (Wildman–Crippen MR) is 127 cm³/mol. The van der Waals surface area contributed by atoms with Gasteiger partial charge in [0.15, 0.2) is 0 Å². The maximum Gasteiger partial charge on any atom is 0.300 e. The minimum absolute atomic E-state index is 0.00722. The van der Waals surface area contributed by atoms with Crippen molar-refractivity contribution in [2.75, 3.05) is 11.5 Å². The van der Waals surface area contributed by atoms with E-state index in [1.165, 1.54) is 4.90 Å². The lowest BCUT2D eigenvalue weighted by molar-refractivity contribution is -0.132. The molecule has 1 aromatic heterocycles. The molecule has 0 bridgehead atoms. The van der Waals surface area contributed by atoms with Gasteiger partial charge in [0.2, 0.25) is 0 Å². The average Bonchev–Trinajstić information content (AvgIpc) is 3.09. The largest absolute Gasteiger partial charge is 0.507 e. The number of carbonyl (C=O) groups excluding carboxylic acids is 2. The molecule has 1 aliphatic heterocycles. The quantitative estimate of drug-likeness (QED) is 0.299. The maximum atomic E-state index is 13.2. The molecule has 1 atom stereocenters. The van der Waals surface area contributed by atoms with Crippen LogP contribution < -0.4 is 9.64 Å². The van der Waals surface area contributed by atoms with Gasteiger partial charge in [-0.2, -0.15) is 0 Å². The minimum atomic E-state index is -0.831. The molecule has 4 rings (SSSR count). The van der Waals surface area contributed by atoms with Gasteiger partial charge >= 0.3 is 0 Å². The highest BCUT2D eigenvalue weighted by molar-refractivity contribution is 6.51. The summed E-state index contributed by atoms with van der Waals surface area (Å²) in [4.78, 5) is 31.7. The zero-order valence-corrected chi connectivity index (χ0v) is 19.0. The van der Waals surface area contributed by atoms with Crippen molar-refractivity contribution in [2.24, 2.45) is 0 Å². The molecule has 0 aliphatic carbocycles. The Bertz CT molecular complexity index is 1240. The summed E-state index contributed by atoms with van der Waals surface area (Å²) in [7, 11) is 0. The smallest absolute Gasteiger partial charge is 0.300 e. The number of rotatable bonds is 6. The van der Waals surface area contributed by atoms with Crippen LogP contribution in [-0.2, 0) is 9.59 Å². The highest BCUT2D eigenvalue weighted by atomic mass is 35.5. The molecule has 168 valence electrons. The second-order valence-corrected chi connectivity index (χ2v) is 8.19. The number of hydrogen-bond acceptors (Lipinski definition) is 5. The molecular formula is C26H23ClN2O4. The molecule has 1 N–H and O–H groups in total. The van der Waals surface area contributed by atoms with Crippen molar-refractivity contribution in [1.29, 1.82) is 0 Å². The normalized spacial score (nSPS) is 17.4. The second kappa shape index (κ2) is 9.46. The standard InChI is InChI=1S/C26H23ClN2O4/c1-3-13-33-21-8-7-18(14-16(21)2)24(30)22-23(17-9-11-28-12-10-17)29(26(32)25(22)31)20-6-4-5-19(27)15-20/h4-12,14-15,23,30H,3,13H2,1-2H3/b24-22+. The molecular weight excluding hydrogens is 440 g/mol. The number of amides is 1. The van der Waals surface area contributed by atoms with Crippen molar-refractivity contribution in [3.8, 4) is 5.75 Å². The molecule has 7 heteroatoms. The van der Waals surface area contributed by atoms with Crippen molar-refractivity contribution < 1.29 is 19.4 Å². The Labute approximate surface area is 197 Å². The van der Waals surface area contributed by atoms with E-state index in [4.69, 9.17) is 16.3 Å². The molecule has 1 amide bonds. The highest BCUT2D eigenvalue weighted by Gasteiger charge is 2.47. The minimum Gasteiger partial charge on any atom is -0.507 e. The van der Waals surface area contributed by atoms with E-state index in [-0.39, 0.29) is 11.3 Å². The third-order valence-corrected chi connectivity index (χ3v) is 5.70. The molecule has 1 saturated heterocycles. The first kappa shape index (κ1) is 22.6. The van der Waals surface area contributed by atoms with E-state index in [1.807, 2.05) is 13.8 Å². The van der Waals surface area contributed by atoms with Crippen LogP contribution in [0.1, 0.15) is 36.1 Å². The average molecular weight is 463 g/mol. The van der Waals surface area contributed by atoms with Crippen molar-refractivity contribution in [3.63, 3.8) is 0 Å². The van der Waals surface area contributed by atoms with Crippen LogP contribution in [0.3, 0.4) is 0 Å². The summed E-state index contributed by atoms with van der Waals surface area (Å²) in [6, 6.07) is 14.5. The number of halogens is 1. The van der Waals surface area contributed by atoms with Gasteiger partial charge in [0.25, 0.3) is 11.7 Å². The van der Waals surface area contributed by atoms with Crippen molar-refractivity contribution in [2.45, 2.75) is 26.3 Å².